The summed E-state index contributed by atoms with van der Waals surface area (Å²) in [7, 11) is 1.29. The lowest BCUT2D eigenvalue weighted by Crippen LogP contribution is -2.33. The van der Waals surface area contributed by atoms with Crippen molar-refractivity contribution >= 4 is 47.0 Å². The third kappa shape index (κ3) is 7.43. The number of benzene rings is 1. The number of amides is 2. The van der Waals surface area contributed by atoms with E-state index in [4.69, 9.17) is 20.9 Å². The zero-order chi connectivity index (χ0) is 21.4. The van der Waals surface area contributed by atoms with Gasteiger partial charge in [-0.3, -0.25) is 14.4 Å². The van der Waals surface area contributed by atoms with Gasteiger partial charge in [0.15, 0.2) is 5.82 Å². The Kier molecular flexibility index (Phi) is 8.53. The molecule has 1 aromatic heterocycles. The predicted octanol–water partition coefficient (Wildman–Crippen LogP) is 3.12. The van der Waals surface area contributed by atoms with E-state index in [0.29, 0.717) is 16.6 Å². The highest BCUT2D eigenvalue weighted by molar-refractivity contribution is 8.01. The first-order valence-electron chi connectivity index (χ1n) is 8.76. The standard InChI is InChI=1S/C19H22ClN3O5S/c1-11-8-16(23-28-11)22-19(26)12(2)29-10-17(24)21-15(9-18(25)27-3)13-4-6-14(20)7-5-13/h4-8,12,15H,9-10H2,1-3H3,(H,21,24)(H,22,23,26). The monoisotopic (exact) mass is 439 g/mol. The number of rotatable bonds is 9. The molecule has 156 valence electrons. The molecule has 1 aromatic carbocycles. The van der Waals surface area contributed by atoms with Crippen LogP contribution in [0.15, 0.2) is 34.9 Å². The number of methoxy groups -OCH3 is 1. The lowest BCUT2D eigenvalue weighted by Gasteiger charge is -2.19. The number of nitrogens with zero attached hydrogens (tertiary/aromatic N) is 1. The maximum Gasteiger partial charge on any atom is 0.307 e. The summed E-state index contributed by atoms with van der Waals surface area (Å²) in [5.74, 6) is -0.106. The fourth-order valence-electron chi connectivity index (χ4n) is 2.36. The second kappa shape index (κ2) is 10.9. The van der Waals surface area contributed by atoms with E-state index in [9.17, 15) is 14.4 Å². The van der Waals surface area contributed by atoms with Gasteiger partial charge in [0, 0.05) is 11.1 Å². The lowest BCUT2D eigenvalue weighted by atomic mass is 10.0. The van der Waals surface area contributed by atoms with Gasteiger partial charge in [-0.05, 0) is 31.5 Å². The van der Waals surface area contributed by atoms with Gasteiger partial charge < -0.3 is 19.9 Å². The number of thioether (sulfide) groups is 1. The minimum absolute atomic E-state index is 0.0178. The quantitative estimate of drug-likeness (QED) is 0.577. The Morgan fingerprint density at radius 1 is 1.28 bits per heavy atom. The van der Waals surface area contributed by atoms with E-state index < -0.39 is 17.3 Å². The van der Waals surface area contributed by atoms with E-state index >= 15 is 0 Å². The number of anilines is 1. The molecule has 0 bridgehead atoms. The summed E-state index contributed by atoms with van der Waals surface area (Å²) < 4.78 is 9.60. The van der Waals surface area contributed by atoms with Crippen molar-refractivity contribution in [1.82, 2.24) is 10.5 Å². The van der Waals surface area contributed by atoms with Gasteiger partial charge in [0.2, 0.25) is 11.8 Å². The number of aryl methyl sites for hydroxylation is 1. The summed E-state index contributed by atoms with van der Waals surface area (Å²) in [5.41, 5.74) is 0.727. The van der Waals surface area contributed by atoms with Gasteiger partial charge in [-0.2, -0.15) is 0 Å². The van der Waals surface area contributed by atoms with Gasteiger partial charge in [0.05, 0.1) is 30.6 Å². The number of esters is 1. The molecule has 2 amide bonds. The first-order valence-corrected chi connectivity index (χ1v) is 10.2. The fourth-order valence-corrected chi connectivity index (χ4v) is 3.18. The minimum atomic E-state index is -0.560. The van der Waals surface area contributed by atoms with E-state index in [0.717, 1.165) is 17.3 Å². The number of hydrogen-bond acceptors (Lipinski definition) is 7. The zero-order valence-corrected chi connectivity index (χ0v) is 17.8. The molecule has 2 rings (SSSR count). The molecule has 0 fully saturated rings. The van der Waals surface area contributed by atoms with E-state index in [1.807, 2.05) is 0 Å². The van der Waals surface area contributed by atoms with Crippen LogP contribution in [0.2, 0.25) is 5.02 Å². The molecule has 0 saturated heterocycles. The van der Waals surface area contributed by atoms with Crippen LogP contribution in [0.25, 0.3) is 0 Å². The Morgan fingerprint density at radius 3 is 2.55 bits per heavy atom. The Balaban J connectivity index is 1.90. The summed E-state index contributed by atoms with van der Waals surface area (Å²) in [6.45, 7) is 3.40. The third-order valence-electron chi connectivity index (χ3n) is 3.92. The van der Waals surface area contributed by atoms with Crippen LogP contribution in [-0.2, 0) is 19.1 Å². The van der Waals surface area contributed by atoms with Gasteiger partial charge >= 0.3 is 5.97 Å². The van der Waals surface area contributed by atoms with Crippen LogP contribution in [0.3, 0.4) is 0 Å². The summed E-state index contributed by atoms with van der Waals surface area (Å²) in [6.07, 6.45) is -0.0178. The van der Waals surface area contributed by atoms with Crippen molar-refractivity contribution in [2.45, 2.75) is 31.6 Å². The summed E-state index contributed by atoms with van der Waals surface area (Å²) in [4.78, 5) is 36.3. The molecule has 0 aliphatic heterocycles. The maximum absolute atomic E-state index is 12.4. The molecule has 2 aromatic rings. The molecule has 0 aliphatic rings. The second-order valence-corrected chi connectivity index (χ2v) is 7.98. The van der Waals surface area contributed by atoms with E-state index in [-0.39, 0.29) is 24.0 Å². The first-order chi connectivity index (χ1) is 13.8. The van der Waals surface area contributed by atoms with Gasteiger partial charge in [0.25, 0.3) is 0 Å². The highest BCUT2D eigenvalue weighted by Crippen LogP contribution is 2.21. The van der Waals surface area contributed by atoms with Crippen molar-refractivity contribution in [3.05, 3.63) is 46.7 Å². The average Bonchev–Trinajstić information content (AvgIpc) is 3.10. The largest absolute Gasteiger partial charge is 0.469 e. The van der Waals surface area contributed by atoms with Crippen LogP contribution >= 0.6 is 23.4 Å². The van der Waals surface area contributed by atoms with Gasteiger partial charge in [-0.15, -0.1) is 11.8 Å². The molecule has 2 N–H and O–H groups in total. The molecule has 2 atom stereocenters. The van der Waals surface area contributed by atoms with Crippen molar-refractivity contribution in [3.8, 4) is 0 Å². The Hall–Kier alpha value is -2.52. The number of nitrogens with one attached hydrogen (secondary N) is 2. The molecule has 8 nitrogen and oxygen atoms in total. The number of ether oxygens (including phenoxy) is 1. The highest BCUT2D eigenvalue weighted by Gasteiger charge is 2.21. The Morgan fingerprint density at radius 2 is 1.97 bits per heavy atom. The van der Waals surface area contributed by atoms with Crippen LogP contribution in [0.1, 0.15) is 30.7 Å². The second-order valence-electron chi connectivity index (χ2n) is 6.22. The SMILES string of the molecule is COC(=O)CC(NC(=O)CSC(C)C(=O)Nc1cc(C)on1)c1ccc(Cl)cc1. The summed E-state index contributed by atoms with van der Waals surface area (Å²) >= 11 is 7.06. The normalized spacial score (nSPS) is 12.7. The van der Waals surface area contributed by atoms with Crippen LogP contribution in [0.4, 0.5) is 5.82 Å². The molecule has 0 spiro atoms. The summed E-state index contributed by atoms with van der Waals surface area (Å²) in [5, 5.41) is 9.18. The molecule has 10 heteroatoms. The number of carbonyl (C=O) groups is 3. The number of hydrogen-bond donors (Lipinski definition) is 2. The van der Waals surface area contributed by atoms with Crippen molar-refractivity contribution in [2.24, 2.45) is 0 Å². The maximum atomic E-state index is 12.4. The van der Waals surface area contributed by atoms with Gasteiger partial charge in [-0.25, -0.2) is 0 Å². The molecular formula is C19H22ClN3O5S. The molecular weight excluding hydrogens is 418 g/mol. The van der Waals surface area contributed by atoms with Crippen molar-refractivity contribution in [3.63, 3.8) is 0 Å². The van der Waals surface area contributed by atoms with E-state index in [1.165, 1.54) is 7.11 Å². The number of carbonyl (C=O) groups excluding carboxylic acids is 3. The Labute approximate surface area is 177 Å². The highest BCUT2D eigenvalue weighted by atomic mass is 35.5. The molecule has 29 heavy (non-hydrogen) atoms. The smallest absolute Gasteiger partial charge is 0.307 e. The molecule has 1 heterocycles. The third-order valence-corrected chi connectivity index (χ3v) is 5.31. The first kappa shape index (κ1) is 22.8. The van der Waals surface area contributed by atoms with Crippen molar-refractivity contribution in [1.29, 1.82) is 0 Å². The zero-order valence-electron chi connectivity index (χ0n) is 16.2. The molecule has 0 aliphatic carbocycles. The number of aromatic nitrogens is 1. The van der Waals surface area contributed by atoms with Crippen molar-refractivity contribution < 1.29 is 23.6 Å². The fraction of sp³-hybridized carbons (Fsp3) is 0.368. The lowest BCUT2D eigenvalue weighted by molar-refractivity contribution is -0.141. The minimum Gasteiger partial charge on any atom is -0.469 e. The van der Waals surface area contributed by atoms with Gasteiger partial charge in [0.1, 0.15) is 5.76 Å². The van der Waals surface area contributed by atoms with Crippen LogP contribution in [0.5, 0.6) is 0 Å². The Bertz CT molecular complexity index is 856. The predicted molar refractivity (Wildman–Crippen MR) is 111 cm³/mol. The van der Waals surface area contributed by atoms with Crippen LogP contribution in [-0.4, -0.2) is 41.1 Å². The topological polar surface area (TPSA) is 111 Å². The van der Waals surface area contributed by atoms with E-state index in [1.54, 1.807) is 44.2 Å². The van der Waals surface area contributed by atoms with E-state index in [2.05, 4.69) is 15.8 Å². The molecule has 2 unspecified atom stereocenters. The average molecular weight is 440 g/mol. The van der Waals surface area contributed by atoms with Gasteiger partial charge in [-0.1, -0.05) is 28.9 Å². The van der Waals surface area contributed by atoms with Crippen molar-refractivity contribution in [2.75, 3.05) is 18.2 Å². The number of halogens is 1. The molecule has 0 saturated carbocycles. The van der Waals surface area contributed by atoms with Crippen LogP contribution < -0.4 is 10.6 Å². The summed E-state index contributed by atoms with van der Waals surface area (Å²) in [6, 6.07) is 7.87. The van der Waals surface area contributed by atoms with Crippen LogP contribution in [0, 0.1) is 6.92 Å². The molecule has 0 radical (unpaired) electrons.